The second kappa shape index (κ2) is 11.6. The van der Waals surface area contributed by atoms with Gasteiger partial charge in [-0.25, -0.2) is 0 Å². The first-order valence-electron chi connectivity index (χ1n) is 12.5. The van der Waals surface area contributed by atoms with Gasteiger partial charge in [-0.2, -0.15) is 0 Å². The molecule has 0 aromatic carbocycles. The van der Waals surface area contributed by atoms with Crippen molar-refractivity contribution < 1.29 is 9.21 Å². The molecule has 182 valence electrons. The number of hydrogen-bond donors (Lipinski definition) is 1. The van der Waals surface area contributed by atoms with E-state index in [-0.39, 0.29) is 11.8 Å². The minimum atomic E-state index is -0.0180. The summed E-state index contributed by atoms with van der Waals surface area (Å²) in [4.78, 5) is 22.1. The Bertz CT molecular complexity index is 1010. The number of thiocarbonyl (C=S) groups is 1. The maximum absolute atomic E-state index is 13.3. The Hall–Kier alpha value is -2.67. The van der Waals surface area contributed by atoms with Crippen molar-refractivity contribution in [2.45, 2.75) is 64.3 Å². The maximum atomic E-state index is 13.3. The number of piperidine rings is 1. The van der Waals surface area contributed by atoms with Crippen molar-refractivity contribution in [2.24, 2.45) is 0 Å². The van der Waals surface area contributed by atoms with Crippen molar-refractivity contribution in [1.82, 2.24) is 20.1 Å². The van der Waals surface area contributed by atoms with E-state index in [0.29, 0.717) is 12.1 Å². The molecule has 1 saturated heterocycles. The van der Waals surface area contributed by atoms with Gasteiger partial charge in [-0.15, -0.1) is 0 Å². The topological polar surface area (TPSA) is 61.6 Å². The fourth-order valence-corrected chi connectivity index (χ4v) is 5.20. The lowest BCUT2D eigenvalue weighted by Gasteiger charge is -2.34. The zero-order chi connectivity index (χ0) is 23.9. The van der Waals surface area contributed by atoms with Crippen LogP contribution in [0.2, 0.25) is 0 Å². The SMILES string of the molecule is Cc1ccc(C(=O)N(C)Cc2ccco2)c(C2CCN(C(=S)NCCC3=CCCCC3)CC2)n1. The van der Waals surface area contributed by atoms with Crippen LogP contribution in [0.5, 0.6) is 0 Å². The van der Waals surface area contributed by atoms with Crippen molar-refractivity contribution in [3.63, 3.8) is 0 Å². The fraction of sp³-hybridized carbons (Fsp3) is 0.519. The van der Waals surface area contributed by atoms with E-state index in [4.69, 9.17) is 21.6 Å². The molecule has 7 heteroatoms. The number of carbonyl (C=O) groups is 1. The summed E-state index contributed by atoms with van der Waals surface area (Å²) in [6.45, 7) is 5.09. The third kappa shape index (κ3) is 6.26. The number of aryl methyl sites for hydroxylation is 1. The van der Waals surface area contributed by atoms with E-state index in [0.717, 1.165) is 61.2 Å². The molecule has 2 aliphatic rings. The highest BCUT2D eigenvalue weighted by Crippen LogP contribution is 2.30. The van der Waals surface area contributed by atoms with E-state index >= 15 is 0 Å². The van der Waals surface area contributed by atoms with Crippen LogP contribution in [-0.4, -0.2) is 52.5 Å². The average Bonchev–Trinajstić information content (AvgIpc) is 3.37. The molecule has 1 N–H and O–H groups in total. The zero-order valence-corrected chi connectivity index (χ0v) is 21.2. The standard InChI is InChI=1S/C27H36N4O2S/c1-20-10-11-24(26(32)30(2)19-23-9-6-18-33-23)25(29-20)22-13-16-31(17-14-22)27(34)28-15-12-21-7-4-3-5-8-21/h6-7,9-11,18,22H,3-5,8,12-17,19H2,1-2H3,(H,28,34). The summed E-state index contributed by atoms with van der Waals surface area (Å²) in [6, 6.07) is 7.58. The number of rotatable bonds is 7. The van der Waals surface area contributed by atoms with Crippen molar-refractivity contribution >= 4 is 23.2 Å². The number of pyridine rings is 1. The number of allylic oxidation sites excluding steroid dienone is 1. The monoisotopic (exact) mass is 480 g/mol. The van der Waals surface area contributed by atoms with Gasteiger partial charge < -0.3 is 19.5 Å². The highest BCUT2D eigenvalue weighted by atomic mass is 32.1. The van der Waals surface area contributed by atoms with Crippen molar-refractivity contribution in [3.05, 3.63) is 64.9 Å². The van der Waals surface area contributed by atoms with Gasteiger partial charge in [0.15, 0.2) is 5.11 Å². The number of hydrogen-bond acceptors (Lipinski definition) is 4. The Morgan fingerprint density at radius 3 is 2.79 bits per heavy atom. The summed E-state index contributed by atoms with van der Waals surface area (Å²) < 4.78 is 5.42. The van der Waals surface area contributed by atoms with Crippen molar-refractivity contribution in [1.29, 1.82) is 0 Å². The molecule has 0 spiro atoms. The smallest absolute Gasteiger partial charge is 0.255 e. The molecule has 0 radical (unpaired) electrons. The molecule has 6 nitrogen and oxygen atoms in total. The average molecular weight is 481 g/mol. The summed E-state index contributed by atoms with van der Waals surface area (Å²) in [5, 5.41) is 4.31. The van der Waals surface area contributed by atoms with Crippen LogP contribution in [0.1, 0.15) is 78.4 Å². The molecule has 1 aliphatic carbocycles. The fourth-order valence-electron chi connectivity index (χ4n) is 4.91. The lowest BCUT2D eigenvalue weighted by atomic mass is 9.90. The molecule has 0 saturated carbocycles. The maximum Gasteiger partial charge on any atom is 0.255 e. The van der Waals surface area contributed by atoms with E-state index in [9.17, 15) is 4.79 Å². The van der Waals surface area contributed by atoms with Crippen LogP contribution in [0.3, 0.4) is 0 Å². The molecule has 0 atom stereocenters. The van der Waals surface area contributed by atoms with Gasteiger partial charge in [0.25, 0.3) is 5.91 Å². The molecule has 2 aromatic rings. The van der Waals surface area contributed by atoms with Gasteiger partial charge in [0.2, 0.25) is 0 Å². The first kappa shape index (κ1) is 24.5. The summed E-state index contributed by atoms with van der Waals surface area (Å²) in [6.07, 6.45) is 12.1. The van der Waals surface area contributed by atoms with E-state index in [2.05, 4.69) is 16.3 Å². The lowest BCUT2D eigenvalue weighted by molar-refractivity contribution is 0.0772. The van der Waals surface area contributed by atoms with Crippen LogP contribution >= 0.6 is 12.2 Å². The highest BCUT2D eigenvalue weighted by molar-refractivity contribution is 7.80. The Labute approximate surface area is 208 Å². The van der Waals surface area contributed by atoms with Crippen molar-refractivity contribution in [3.8, 4) is 0 Å². The van der Waals surface area contributed by atoms with Crippen LogP contribution in [0.4, 0.5) is 0 Å². The normalized spacial score (nSPS) is 16.8. The molecule has 4 rings (SSSR count). The number of likely N-dealkylation sites (tertiary alicyclic amines) is 1. The Kier molecular flexibility index (Phi) is 8.38. The highest BCUT2D eigenvalue weighted by Gasteiger charge is 2.28. The van der Waals surface area contributed by atoms with Gasteiger partial charge in [-0.05, 0) is 88.4 Å². The van der Waals surface area contributed by atoms with Crippen molar-refractivity contribution in [2.75, 3.05) is 26.7 Å². The predicted octanol–water partition coefficient (Wildman–Crippen LogP) is 5.20. The Balaban J connectivity index is 1.33. The second-order valence-electron chi connectivity index (χ2n) is 9.48. The molecule has 1 aliphatic heterocycles. The number of nitrogens with one attached hydrogen (secondary N) is 1. The number of amides is 1. The van der Waals surface area contributed by atoms with E-state index < -0.39 is 0 Å². The van der Waals surface area contributed by atoms with Gasteiger partial charge in [0, 0.05) is 38.3 Å². The first-order chi connectivity index (χ1) is 16.5. The van der Waals surface area contributed by atoms with E-state index in [1.54, 1.807) is 16.7 Å². The van der Waals surface area contributed by atoms with Crippen LogP contribution in [0, 0.1) is 6.92 Å². The largest absolute Gasteiger partial charge is 0.467 e. The molecule has 0 unspecified atom stereocenters. The molecule has 0 bridgehead atoms. The predicted molar refractivity (Wildman–Crippen MR) is 139 cm³/mol. The molecule has 2 aromatic heterocycles. The lowest BCUT2D eigenvalue weighted by Crippen LogP contribution is -2.44. The van der Waals surface area contributed by atoms with E-state index in [1.807, 2.05) is 38.2 Å². The summed E-state index contributed by atoms with van der Waals surface area (Å²) in [7, 11) is 1.81. The third-order valence-corrected chi connectivity index (χ3v) is 7.29. The van der Waals surface area contributed by atoms with Crippen LogP contribution in [0.15, 0.2) is 46.6 Å². The first-order valence-corrected chi connectivity index (χ1v) is 12.9. The summed E-state index contributed by atoms with van der Waals surface area (Å²) >= 11 is 5.68. The number of furan rings is 1. The number of carbonyl (C=O) groups excluding carboxylic acids is 1. The quantitative estimate of drug-likeness (QED) is 0.434. The summed E-state index contributed by atoms with van der Waals surface area (Å²) in [5.74, 6) is 1.00. The second-order valence-corrected chi connectivity index (χ2v) is 9.86. The molecule has 1 amide bonds. The van der Waals surface area contributed by atoms with Crippen LogP contribution < -0.4 is 5.32 Å². The van der Waals surface area contributed by atoms with Gasteiger partial charge >= 0.3 is 0 Å². The Morgan fingerprint density at radius 2 is 2.09 bits per heavy atom. The molecular weight excluding hydrogens is 444 g/mol. The summed E-state index contributed by atoms with van der Waals surface area (Å²) in [5.41, 5.74) is 4.12. The third-order valence-electron chi connectivity index (χ3n) is 6.89. The van der Waals surface area contributed by atoms with Gasteiger partial charge in [0.1, 0.15) is 5.76 Å². The number of nitrogens with zero attached hydrogens (tertiary/aromatic N) is 3. The van der Waals surface area contributed by atoms with Gasteiger partial charge in [-0.1, -0.05) is 11.6 Å². The molecule has 34 heavy (non-hydrogen) atoms. The minimum absolute atomic E-state index is 0.0180. The van der Waals surface area contributed by atoms with Gasteiger partial charge in [-0.3, -0.25) is 9.78 Å². The minimum Gasteiger partial charge on any atom is -0.467 e. The van der Waals surface area contributed by atoms with Crippen LogP contribution in [0.25, 0.3) is 0 Å². The Morgan fingerprint density at radius 1 is 1.26 bits per heavy atom. The number of aromatic nitrogens is 1. The van der Waals surface area contributed by atoms with E-state index in [1.165, 1.54) is 25.7 Å². The zero-order valence-electron chi connectivity index (χ0n) is 20.4. The van der Waals surface area contributed by atoms with Crippen LogP contribution in [-0.2, 0) is 6.54 Å². The molecular formula is C27H36N4O2S. The van der Waals surface area contributed by atoms with Gasteiger partial charge in [0.05, 0.1) is 24.1 Å². The molecule has 1 fully saturated rings. The molecule has 3 heterocycles.